The molecule has 9 heteroatoms. The third-order valence-corrected chi connectivity index (χ3v) is 4.76. The number of hydrazone groups is 1. The predicted octanol–water partition coefficient (Wildman–Crippen LogP) is 1.75. The maximum atomic E-state index is 12.1. The van der Waals surface area contributed by atoms with E-state index in [0.29, 0.717) is 17.0 Å². The highest BCUT2D eigenvalue weighted by molar-refractivity contribution is 7.92. The summed E-state index contributed by atoms with van der Waals surface area (Å²) in [4.78, 5) is 12.1. The molecule has 0 aliphatic heterocycles. The highest BCUT2D eigenvalue weighted by atomic mass is 32.2. The van der Waals surface area contributed by atoms with Gasteiger partial charge in [-0.25, -0.2) is 13.8 Å². The number of benzene rings is 2. The lowest BCUT2D eigenvalue weighted by Gasteiger charge is -2.16. The third kappa shape index (κ3) is 5.83. The molecule has 0 fully saturated rings. The quantitative estimate of drug-likeness (QED) is 0.575. The highest BCUT2D eigenvalue weighted by Gasteiger charge is 2.12. The fraction of sp³-hybridized carbons (Fsp3) is 0.167. The number of nitrogens with zero attached hydrogens (tertiary/aromatic N) is 3. The molecule has 0 saturated carbocycles. The van der Waals surface area contributed by atoms with Crippen LogP contribution in [0.3, 0.4) is 0 Å². The Bertz CT molecular complexity index is 962. The summed E-state index contributed by atoms with van der Waals surface area (Å²) < 4.78 is 29.3. The van der Waals surface area contributed by atoms with Gasteiger partial charge in [0.1, 0.15) is 11.8 Å². The molecule has 0 unspecified atom stereocenters. The summed E-state index contributed by atoms with van der Waals surface area (Å²) in [6, 6.07) is 14.9. The van der Waals surface area contributed by atoms with Crippen molar-refractivity contribution in [2.75, 3.05) is 24.2 Å². The number of hydrogen-bond acceptors (Lipinski definition) is 6. The Balaban J connectivity index is 1.95. The number of ether oxygens (including phenoxy) is 1. The molecule has 0 radical (unpaired) electrons. The standard InChI is InChI=1S/C18H18N4O4S/c1-22(27(2,24)25)16-7-5-15(6-8-16)18(23)21-20-13-14-3-9-17(10-4-14)26-12-11-19/h3-10,13H,12H2,1-2H3,(H,21,23)/b20-13-. The average molecular weight is 386 g/mol. The Morgan fingerprint density at radius 3 is 2.41 bits per heavy atom. The Labute approximate surface area is 157 Å². The van der Waals surface area contributed by atoms with E-state index in [-0.39, 0.29) is 6.61 Å². The minimum atomic E-state index is -3.36. The molecule has 1 amide bonds. The van der Waals surface area contributed by atoms with Crippen LogP contribution in [0.5, 0.6) is 5.75 Å². The maximum absolute atomic E-state index is 12.1. The van der Waals surface area contributed by atoms with Gasteiger partial charge in [-0.15, -0.1) is 0 Å². The van der Waals surface area contributed by atoms with Gasteiger partial charge < -0.3 is 4.74 Å². The molecule has 140 valence electrons. The van der Waals surface area contributed by atoms with Crippen molar-refractivity contribution in [3.63, 3.8) is 0 Å². The van der Waals surface area contributed by atoms with Gasteiger partial charge in [-0.2, -0.15) is 10.4 Å². The van der Waals surface area contributed by atoms with Gasteiger partial charge in [0.2, 0.25) is 10.0 Å². The minimum Gasteiger partial charge on any atom is -0.479 e. The summed E-state index contributed by atoms with van der Waals surface area (Å²) in [6.07, 6.45) is 2.57. The molecule has 0 heterocycles. The molecule has 0 saturated heterocycles. The van der Waals surface area contributed by atoms with Crippen LogP contribution in [0.2, 0.25) is 0 Å². The number of sulfonamides is 1. The second kappa shape index (κ2) is 8.82. The van der Waals surface area contributed by atoms with E-state index in [1.54, 1.807) is 36.4 Å². The summed E-state index contributed by atoms with van der Waals surface area (Å²) in [6.45, 7) is -0.0255. The summed E-state index contributed by atoms with van der Waals surface area (Å²) in [5, 5.41) is 12.3. The first-order valence-corrected chi connectivity index (χ1v) is 9.63. The van der Waals surface area contributed by atoms with Crippen LogP contribution in [0.15, 0.2) is 53.6 Å². The second-order valence-electron chi connectivity index (χ2n) is 5.49. The van der Waals surface area contributed by atoms with E-state index >= 15 is 0 Å². The number of rotatable bonds is 7. The van der Waals surface area contributed by atoms with Crippen LogP contribution in [0, 0.1) is 11.3 Å². The number of amides is 1. The zero-order valence-corrected chi connectivity index (χ0v) is 15.6. The van der Waals surface area contributed by atoms with E-state index in [9.17, 15) is 13.2 Å². The zero-order chi connectivity index (χ0) is 19.9. The van der Waals surface area contributed by atoms with Crippen LogP contribution in [-0.2, 0) is 10.0 Å². The Morgan fingerprint density at radius 1 is 1.22 bits per heavy atom. The lowest BCUT2D eigenvalue weighted by Crippen LogP contribution is -2.25. The molecule has 0 atom stereocenters. The maximum Gasteiger partial charge on any atom is 0.271 e. The number of nitriles is 1. The van der Waals surface area contributed by atoms with Gasteiger partial charge in [-0.1, -0.05) is 0 Å². The van der Waals surface area contributed by atoms with Crippen molar-refractivity contribution in [3.8, 4) is 11.8 Å². The van der Waals surface area contributed by atoms with Gasteiger partial charge in [0.05, 0.1) is 18.2 Å². The molecule has 0 aliphatic carbocycles. The lowest BCUT2D eigenvalue weighted by molar-refractivity contribution is 0.0955. The van der Waals surface area contributed by atoms with Gasteiger partial charge in [0, 0.05) is 12.6 Å². The van der Waals surface area contributed by atoms with Crippen molar-refractivity contribution < 1.29 is 17.9 Å². The number of carbonyl (C=O) groups excluding carboxylic acids is 1. The van der Waals surface area contributed by atoms with Crippen LogP contribution in [0.4, 0.5) is 5.69 Å². The molecule has 0 spiro atoms. The van der Waals surface area contributed by atoms with Crippen molar-refractivity contribution >= 4 is 27.8 Å². The molecule has 8 nitrogen and oxygen atoms in total. The van der Waals surface area contributed by atoms with E-state index in [4.69, 9.17) is 10.00 Å². The van der Waals surface area contributed by atoms with Gasteiger partial charge >= 0.3 is 0 Å². The van der Waals surface area contributed by atoms with Crippen molar-refractivity contribution in [2.45, 2.75) is 0 Å². The monoisotopic (exact) mass is 386 g/mol. The van der Waals surface area contributed by atoms with Crippen LogP contribution in [-0.4, -0.2) is 40.4 Å². The van der Waals surface area contributed by atoms with Gasteiger partial charge in [0.25, 0.3) is 5.91 Å². The number of hydrogen-bond donors (Lipinski definition) is 1. The summed E-state index contributed by atoms with van der Waals surface area (Å²) in [7, 11) is -1.92. The molecule has 27 heavy (non-hydrogen) atoms. The minimum absolute atomic E-state index is 0.0255. The van der Waals surface area contributed by atoms with Crippen molar-refractivity contribution in [3.05, 3.63) is 59.7 Å². The molecule has 2 aromatic carbocycles. The van der Waals surface area contributed by atoms with Crippen molar-refractivity contribution in [2.24, 2.45) is 5.10 Å². The zero-order valence-electron chi connectivity index (χ0n) is 14.8. The van der Waals surface area contributed by atoms with Crippen molar-refractivity contribution in [1.82, 2.24) is 5.43 Å². The molecule has 0 aromatic heterocycles. The molecule has 1 N–H and O–H groups in total. The smallest absolute Gasteiger partial charge is 0.271 e. The number of anilines is 1. The van der Waals surface area contributed by atoms with Crippen LogP contribution in [0.25, 0.3) is 0 Å². The van der Waals surface area contributed by atoms with E-state index in [1.807, 2.05) is 6.07 Å². The summed E-state index contributed by atoms with van der Waals surface area (Å²) in [5.74, 6) is 0.144. The topological polar surface area (TPSA) is 112 Å². The van der Waals surface area contributed by atoms with Crippen LogP contribution >= 0.6 is 0 Å². The van der Waals surface area contributed by atoms with Crippen LogP contribution in [0.1, 0.15) is 15.9 Å². The Morgan fingerprint density at radius 2 is 1.85 bits per heavy atom. The first-order chi connectivity index (χ1) is 12.8. The third-order valence-electron chi connectivity index (χ3n) is 3.55. The molecular weight excluding hydrogens is 368 g/mol. The normalized spacial score (nSPS) is 11.0. The van der Waals surface area contributed by atoms with Crippen molar-refractivity contribution in [1.29, 1.82) is 5.26 Å². The fourth-order valence-electron chi connectivity index (χ4n) is 2.01. The molecule has 2 rings (SSSR count). The predicted molar refractivity (Wildman–Crippen MR) is 102 cm³/mol. The number of carbonyl (C=O) groups is 1. The van der Waals surface area contributed by atoms with E-state index in [2.05, 4.69) is 10.5 Å². The van der Waals surface area contributed by atoms with Crippen LogP contribution < -0.4 is 14.5 Å². The Hall–Kier alpha value is -3.38. The van der Waals surface area contributed by atoms with Gasteiger partial charge in [-0.05, 0) is 54.1 Å². The molecular formula is C18H18N4O4S. The lowest BCUT2D eigenvalue weighted by atomic mass is 10.2. The van der Waals surface area contributed by atoms with Gasteiger partial charge in [0.15, 0.2) is 6.61 Å². The van der Waals surface area contributed by atoms with E-state index < -0.39 is 15.9 Å². The first kappa shape index (κ1) is 19.9. The largest absolute Gasteiger partial charge is 0.479 e. The van der Waals surface area contributed by atoms with E-state index in [1.165, 1.54) is 25.4 Å². The summed E-state index contributed by atoms with van der Waals surface area (Å²) in [5.41, 5.74) is 3.94. The first-order valence-electron chi connectivity index (χ1n) is 7.78. The summed E-state index contributed by atoms with van der Waals surface area (Å²) >= 11 is 0. The SMILES string of the molecule is CN(c1ccc(C(=O)N/N=C\c2ccc(OCC#N)cc2)cc1)S(C)(=O)=O. The molecule has 2 aromatic rings. The van der Waals surface area contributed by atoms with E-state index in [0.717, 1.165) is 16.1 Å². The second-order valence-corrected chi connectivity index (χ2v) is 7.51. The molecule has 0 bridgehead atoms. The van der Waals surface area contributed by atoms with Gasteiger partial charge in [-0.3, -0.25) is 9.10 Å². The fourth-order valence-corrected chi connectivity index (χ4v) is 2.51. The average Bonchev–Trinajstić information content (AvgIpc) is 2.66. The highest BCUT2D eigenvalue weighted by Crippen LogP contribution is 2.16. The Kier molecular flexibility index (Phi) is 6.51. The molecule has 0 aliphatic rings. The number of nitrogens with one attached hydrogen (secondary N) is 1.